The molecule has 1 aromatic rings. The van der Waals surface area contributed by atoms with Crippen LogP contribution in [0.5, 0.6) is 5.75 Å². The first-order chi connectivity index (χ1) is 7.61. The van der Waals surface area contributed by atoms with Crippen molar-refractivity contribution >= 4 is 10.8 Å². The highest BCUT2D eigenvalue weighted by Crippen LogP contribution is 2.33. The molecule has 0 spiro atoms. The van der Waals surface area contributed by atoms with E-state index in [2.05, 4.69) is 19.2 Å². The standard InChI is InChI=1S/C12H17NO2S/c1-8(2)13-11-7-16(14)12-5-4-9(15-3)6-10(11)12/h4-6,8,11,13H,7H2,1-3H3. The van der Waals surface area contributed by atoms with Gasteiger partial charge >= 0.3 is 0 Å². The number of hydrogen-bond donors (Lipinski definition) is 1. The summed E-state index contributed by atoms with van der Waals surface area (Å²) in [4.78, 5) is 0.943. The average Bonchev–Trinajstić information content (AvgIpc) is 2.54. The van der Waals surface area contributed by atoms with Crippen LogP contribution in [-0.4, -0.2) is 23.1 Å². The van der Waals surface area contributed by atoms with Gasteiger partial charge in [-0.1, -0.05) is 13.8 Å². The van der Waals surface area contributed by atoms with E-state index in [-0.39, 0.29) is 6.04 Å². The van der Waals surface area contributed by atoms with Gasteiger partial charge in [-0.2, -0.15) is 0 Å². The van der Waals surface area contributed by atoms with E-state index in [1.54, 1.807) is 7.11 Å². The molecule has 0 aromatic heterocycles. The fourth-order valence-electron chi connectivity index (χ4n) is 2.00. The smallest absolute Gasteiger partial charge is 0.119 e. The Kier molecular flexibility index (Phi) is 3.30. The second-order valence-electron chi connectivity index (χ2n) is 4.29. The van der Waals surface area contributed by atoms with Crippen molar-refractivity contribution in [2.75, 3.05) is 12.9 Å². The van der Waals surface area contributed by atoms with Crippen LogP contribution in [0, 0.1) is 0 Å². The maximum Gasteiger partial charge on any atom is 0.119 e. The van der Waals surface area contributed by atoms with Crippen LogP contribution < -0.4 is 10.1 Å². The lowest BCUT2D eigenvalue weighted by Gasteiger charge is -2.16. The number of hydrogen-bond acceptors (Lipinski definition) is 3. The average molecular weight is 239 g/mol. The minimum Gasteiger partial charge on any atom is -0.497 e. The lowest BCUT2D eigenvalue weighted by molar-refractivity contribution is 0.412. The summed E-state index contributed by atoms with van der Waals surface area (Å²) in [5.74, 6) is 1.49. The van der Waals surface area contributed by atoms with E-state index < -0.39 is 10.8 Å². The van der Waals surface area contributed by atoms with Crippen LogP contribution in [0.25, 0.3) is 0 Å². The summed E-state index contributed by atoms with van der Waals surface area (Å²) in [6.45, 7) is 4.20. The van der Waals surface area contributed by atoms with Gasteiger partial charge in [0.05, 0.1) is 17.9 Å². The molecule has 3 nitrogen and oxygen atoms in total. The molecule has 0 fully saturated rings. The molecule has 1 aliphatic rings. The van der Waals surface area contributed by atoms with Crippen LogP contribution in [0.15, 0.2) is 23.1 Å². The first-order valence-electron chi connectivity index (χ1n) is 5.44. The van der Waals surface area contributed by atoms with Crippen LogP contribution in [0.1, 0.15) is 25.5 Å². The molecule has 0 bridgehead atoms. The zero-order chi connectivity index (χ0) is 11.7. The molecule has 4 heteroatoms. The van der Waals surface area contributed by atoms with Gasteiger partial charge in [0.15, 0.2) is 0 Å². The van der Waals surface area contributed by atoms with E-state index in [1.807, 2.05) is 18.2 Å². The highest BCUT2D eigenvalue weighted by Gasteiger charge is 2.28. The maximum absolute atomic E-state index is 11.9. The molecule has 2 unspecified atom stereocenters. The molecule has 2 rings (SSSR count). The van der Waals surface area contributed by atoms with Gasteiger partial charge in [0, 0.05) is 22.7 Å². The van der Waals surface area contributed by atoms with Crippen molar-refractivity contribution in [3.05, 3.63) is 23.8 Å². The number of ether oxygens (including phenoxy) is 1. The molecule has 0 radical (unpaired) electrons. The van der Waals surface area contributed by atoms with Crippen LogP contribution >= 0.6 is 0 Å². The number of benzene rings is 1. The molecular weight excluding hydrogens is 222 g/mol. The second-order valence-corrected chi connectivity index (χ2v) is 5.75. The largest absolute Gasteiger partial charge is 0.497 e. The van der Waals surface area contributed by atoms with Crippen molar-refractivity contribution < 1.29 is 8.95 Å². The normalized spacial score (nSPS) is 23.5. The first-order valence-corrected chi connectivity index (χ1v) is 6.76. The zero-order valence-corrected chi connectivity index (χ0v) is 10.6. The highest BCUT2D eigenvalue weighted by molar-refractivity contribution is 7.85. The zero-order valence-electron chi connectivity index (χ0n) is 9.82. The van der Waals surface area contributed by atoms with E-state index in [9.17, 15) is 4.21 Å². The Bertz CT molecular complexity index is 417. The predicted octanol–water partition coefficient (Wildman–Crippen LogP) is 1.86. The number of methoxy groups -OCH3 is 1. The third-order valence-corrected chi connectivity index (χ3v) is 4.19. The summed E-state index contributed by atoms with van der Waals surface area (Å²) in [7, 11) is 0.779. The number of nitrogens with one attached hydrogen (secondary N) is 1. The summed E-state index contributed by atoms with van der Waals surface area (Å²) < 4.78 is 17.1. The van der Waals surface area contributed by atoms with Crippen molar-refractivity contribution in [1.82, 2.24) is 5.32 Å². The van der Waals surface area contributed by atoms with Crippen LogP contribution in [0.3, 0.4) is 0 Å². The van der Waals surface area contributed by atoms with Crippen molar-refractivity contribution in [3.63, 3.8) is 0 Å². The Balaban J connectivity index is 2.34. The molecule has 2 atom stereocenters. The Morgan fingerprint density at radius 1 is 1.50 bits per heavy atom. The molecule has 0 saturated heterocycles. The molecular formula is C12H17NO2S. The third-order valence-electron chi connectivity index (χ3n) is 2.69. The van der Waals surface area contributed by atoms with Crippen molar-refractivity contribution in [2.45, 2.75) is 30.8 Å². The third kappa shape index (κ3) is 2.13. The fraction of sp³-hybridized carbons (Fsp3) is 0.500. The van der Waals surface area contributed by atoms with E-state index in [4.69, 9.17) is 4.74 Å². The van der Waals surface area contributed by atoms with Crippen molar-refractivity contribution in [2.24, 2.45) is 0 Å². The molecule has 0 saturated carbocycles. The Hall–Kier alpha value is -0.870. The summed E-state index contributed by atoms with van der Waals surface area (Å²) in [5.41, 5.74) is 1.12. The molecule has 88 valence electrons. The van der Waals surface area contributed by atoms with Crippen LogP contribution in [0.2, 0.25) is 0 Å². The molecule has 1 N–H and O–H groups in total. The van der Waals surface area contributed by atoms with Gasteiger partial charge in [0.1, 0.15) is 5.75 Å². The van der Waals surface area contributed by atoms with Crippen molar-refractivity contribution in [3.8, 4) is 5.75 Å². The minimum atomic E-state index is -0.873. The van der Waals surface area contributed by atoms with Gasteiger partial charge in [0.2, 0.25) is 0 Å². The van der Waals surface area contributed by atoms with E-state index in [0.717, 1.165) is 16.2 Å². The van der Waals surface area contributed by atoms with Crippen LogP contribution in [-0.2, 0) is 10.8 Å². The van der Waals surface area contributed by atoms with Gasteiger partial charge in [-0.05, 0) is 23.8 Å². The van der Waals surface area contributed by atoms with E-state index in [0.29, 0.717) is 11.8 Å². The predicted molar refractivity (Wildman–Crippen MR) is 65.3 cm³/mol. The molecule has 16 heavy (non-hydrogen) atoms. The van der Waals surface area contributed by atoms with Gasteiger partial charge in [0.25, 0.3) is 0 Å². The summed E-state index contributed by atoms with van der Waals surface area (Å²) in [6.07, 6.45) is 0. The van der Waals surface area contributed by atoms with Gasteiger partial charge in [-0.25, -0.2) is 0 Å². The maximum atomic E-state index is 11.9. The number of rotatable bonds is 3. The SMILES string of the molecule is COc1ccc2c(c1)C(NC(C)C)CS2=O. The molecule has 0 amide bonds. The van der Waals surface area contributed by atoms with Gasteiger partial charge in [-0.15, -0.1) is 0 Å². The Morgan fingerprint density at radius 3 is 2.88 bits per heavy atom. The lowest BCUT2D eigenvalue weighted by atomic mass is 10.1. The molecule has 1 heterocycles. The van der Waals surface area contributed by atoms with Gasteiger partial charge < -0.3 is 10.1 Å². The molecule has 0 aliphatic carbocycles. The fourth-order valence-corrected chi connectivity index (χ4v) is 3.45. The quantitative estimate of drug-likeness (QED) is 0.875. The molecule has 1 aliphatic heterocycles. The van der Waals surface area contributed by atoms with E-state index >= 15 is 0 Å². The minimum absolute atomic E-state index is 0.186. The second kappa shape index (κ2) is 4.55. The van der Waals surface area contributed by atoms with Crippen LogP contribution in [0.4, 0.5) is 0 Å². The highest BCUT2D eigenvalue weighted by atomic mass is 32.2. The first kappa shape index (κ1) is 11.6. The number of fused-ring (bicyclic) bond motifs is 1. The lowest BCUT2D eigenvalue weighted by Crippen LogP contribution is -2.28. The van der Waals surface area contributed by atoms with Gasteiger partial charge in [-0.3, -0.25) is 4.21 Å². The Morgan fingerprint density at radius 2 is 2.25 bits per heavy atom. The van der Waals surface area contributed by atoms with E-state index in [1.165, 1.54) is 0 Å². The van der Waals surface area contributed by atoms with Crippen molar-refractivity contribution in [1.29, 1.82) is 0 Å². The Labute approximate surface area is 98.7 Å². The topological polar surface area (TPSA) is 38.3 Å². The molecule has 1 aromatic carbocycles. The summed E-state index contributed by atoms with van der Waals surface area (Å²) in [5, 5.41) is 3.43. The monoisotopic (exact) mass is 239 g/mol. The summed E-state index contributed by atoms with van der Waals surface area (Å²) in [6, 6.07) is 6.34. The summed E-state index contributed by atoms with van der Waals surface area (Å²) >= 11 is 0.